The summed E-state index contributed by atoms with van der Waals surface area (Å²) >= 11 is 0. The molecule has 0 saturated carbocycles. The number of hydrogen-bond donors (Lipinski definition) is 0. The van der Waals surface area contributed by atoms with E-state index < -0.39 is 21.9 Å². The molecule has 2 aromatic carbocycles. The van der Waals surface area contributed by atoms with Crippen molar-refractivity contribution in [3.8, 4) is 5.75 Å². The van der Waals surface area contributed by atoms with Crippen LogP contribution in [0.25, 0.3) is 10.8 Å². The molecule has 2 amide bonds. The average Bonchev–Trinajstić information content (AvgIpc) is 2.59. The lowest BCUT2D eigenvalue weighted by molar-refractivity contribution is -0.0150. The molecule has 0 radical (unpaired) electrons. The van der Waals surface area contributed by atoms with Crippen molar-refractivity contribution in [3.05, 3.63) is 41.5 Å². The molecule has 9 heteroatoms. The SMILES string of the molecule is CCOCCOc1cc2c3c(cccc3c1)C(=O)N(OS(C)(=O)=O)C2=O. The van der Waals surface area contributed by atoms with Crippen LogP contribution in [-0.4, -0.2) is 51.4 Å². The Morgan fingerprint density at radius 2 is 1.77 bits per heavy atom. The number of ether oxygens (including phenoxy) is 2. The molecule has 0 bridgehead atoms. The highest BCUT2D eigenvalue weighted by Crippen LogP contribution is 2.34. The van der Waals surface area contributed by atoms with Crippen LogP contribution in [0.3, 0.4) is 0 Å². The van der Waals surface area contributed by atoms with Gasteiger partial charge < -0.3 is 9.47 Å². The van der Waals surface area contributed by atoms with Crippen LogP contribution in [0.5, 0.6) is 5.75 Å². The van der Waals surface area contributed by atoms with Gasteiger partial charge in [-0.05, 0) is 30.5 Å². The predicted octanol–water partition coefficient (Wildman–Crippen LogP) is 1.74. The zero-order chi connectivity index (χ0) is 18.9. The van der Waals surface area contributed by atoms with Gasteiger partial charge in [0.2, 0.25) is 0 Å². The number of amides is 2. The van der Waals surface area contributed by atoms with Crippen LogP contribution >= 0.6 is 0 Å². The molecule has 26 heavy (non-hydrogen) atoms. The zero-order valence-corrected chi connectivity index (χ0v) is 15.0. The Morgan fingerprint density at radius 1 is 1.04 bits per heavy atom. The minimum atomic E-state index is -4.06. The molecule has 0 unspecified atom stereocenters. The molecule has 0 spiro atoms. The van der Waals surface area contributed by atoms with Crippen molar-refractivity contribution < 1.29 is 31.8 Å². The van der Waals surface area contributed by atoms with Gasteiger partial charge in [0.1, 0.15) is 12.4 Å². The summed E-state index contributed by atoms with van der Waals surface area (Å²) in [4.78, 5) is 25.1. The Morgan fingerprint density at radius 3 is 2.46 bits per heavy atom. The second-order valence-electron chi connectivity index (χ2n) is 5.60. The fourth-order valence-electron chi connectivity index (χ4n) is 2.71. The molecule has 0 N–H and O–H groups in total. The first-order valence-corrected chi connectivity index (χ1v) is 9.69. The highest BCUT2D eigenvalue weighted by molar-refractivity contribution is 7.85. The molecular formula is C17H17NO7S. The van der Waals surface area contributed by atoms with E-state index in [0.717, 1.165) is 6.26 Å². The summed E-state index contributed by atoms with van der Waals surface area (Å²) in [6.07, 6.45) is 0.761. The summed E-state index contributed by atoms with van der Waals surface area (Å²) in [6.45, 7) is 3.11. The van der Waals surface area contributed by atoms with Crippen molar-refractivity contribution in [2.75, 3.05) is 26.1 Å². The molecule has 0 saturated heterocycles. The first-order chi connectivity index (χ1) is 12.3. The normalized spacial score (nSPS) is 14.2. The molecule has 0 atom stereocenters. The third-order valence-electron chi connectivity index (χ3n) is 3.69. The van der Waals surface area contributed by atoms with Crippen LogP contribution in [0.2, 0.25) is 0 Å². The van der Waals surface area contributed by atoms with Crippen molar-refractivity contribution in [1.82, 2.24) is 5.06 Å². The van der Waals surface area contributed by atoms with Gasteiger partial charge in [0.15, 0.2) is 0 Å². The van der Waals surface area contributed by atoms with Crippen LogP contribution < -0.4 is 4.74 Å². The number of hydrogen-bond acceptors (Lipinski definition) is 7. The maximum atomic E-state index is 12.7. The van der Waals surface area contributed by atoms with Crippen LogP contribution in [0.15, 0.2) is 30.3 Å². The number of carbonyl (C=O) groups is 2. The van der Waals surface area contributed by atoms with Crippen LogP contribution in [0, 0.1) is 0 Å². The van der Waals surface area contributed by atoms with Crippen molar-refractivity contribution in [2.45, 2.75) is 6.92 Å². The second kappa shape index (κ2) is 7.02. The molecule has 0 fully saturated rings. The van der Waals surface area contributed by atoms with Crippen molar-refractivity contribution >= 4 is 32.7 Å². The molecule has 8 nitrogen and oxygen atoms in total. The average molecular weight is 379 g/mol. The molecule has 1 heterocycles. The molecule has 1 aliphatic heterocycles. The number of benzene rings is 2. The van der Waals surface area contributed by atoms with Crippen molar-refractivity contribution in [1.29, 1.82) is 0 Å². The van der Waals surface area contributed by atoms with E-state index >= 15 is 0 Å². The summed E-state index contributed by atoms with van der Waals surface area (Å²) in [5.74, 6) is -1.28. The van der Waals surface area contributed by atoms with Crippen LogP contribution in [0.4, 0.5) is 0 Å². The molecule has 138 valence electrons. The third kappa shape index (κ3) is 3.55. The zero-order valence-electron chi connectivity index (χ0n) is 14.2. The first kappa shape index (κ1) is 18.3. The largest absolute Gasteiger partial charge is 0.491 e. The summed E-state index contributed by atoms with van der Waals surface area (Å²) in [5.41, 5.74) is 0.314. The van der Waals surface area contributed by atoms with E-state index in [1.54, 1.807) is 18.2 Å². The van der Waals surface area contributed by atoms with Gasteiger partial charge in [-0.1, -0.05) is 12.1 Å². The number of rotatable bonds is 7. The van der Waals surface area contributed by atoms with E-state index in [-0.39, 0.29) is 22.8 Å². The van der Waals surface area contributed by atoms with E-state index in [9.17, 15) is 18.0 Å². The molecule has 0 aromatic heterocycles. The first-order valence-electron chi connectivity index (χ1n) is 7.87. The maximum Gasteiger partial charge on any atom is 0.287 e. The summed E-state index contributed by atoms with van der Waals surface area (Å²) in [7, 11) is -4.06. The van der Waals surface area contributed by atoms with Gasteiger partial charge in [-0.15, -0.1) is 9.35 Å². The van der Waals surface area contributed by atoms with Crippen molar-refractivity contribution in [2.24, 2.45) is 0 Å². The maximum absolute atomic E-state index is 12.7. The Labute approximate surface area is 150 Å². The summed E-state index contributed by atoms with van der Waals surface area (Å²) < 4.78 is 38.2. The van der Waals surface area contributed by atoms with E-state index in [2.05, 4.69) is 4.28 Å². The Hall–Kier alpha value is -2.49. The Balaban J connectivity index is 2.04. The second-order valence-corrected chi connectivity index (χ2v) is 7.16. The van der Waals surface area contributed by atoms with E-state index in [0.29, 0.717) is 29.7 Å². The topological polar surface area (TPSA) is 99.2 Å². The Kier molecular flexibility index (Phi) is 4.94. The van der Waals surface area contributed by atoms with Gasteiger partial charge >= 0.3 is 0 Å². The molecule has 1 aliphatic rings. The summed E-state index contributed by atoms with van der Waals surface area (Å²) in [6, 6.07) is 8.06. The van der Waals surface area contributed by atoms with Crippen LogP contribution in [0.1, 0.15) is 27.6 Å². The molecule has 0 aliphatic carbocycles. The van der Waals surface area contributed by atoms with Gasteiger partial charge in [0, 0.05) is 12.0 Å². The van der Waals surface area contributed by atoms with Gasteiger partial charge in [-0.3, -0.25) is 9.59 Å². The third-order valence-corrected chi connectivity index (χ3v) is 4.11. The lowest BCUT2D eigenvalue weighted by Crippen LogP contribution is -2.41. The smallest absolute Gasteiger partial charge is 0.287 e. The Bertz CT molecular complexity index is 984. The minimum Gasteiger partial charge on any atom is -0.491 e. The molecule has 2 aromatic rings. The fraction of sp³-hybridized carbons (Fsp3) is 0.294. The molecular weight excluding hydrogens is 362 g/mol. The quantitative estimate of drug-likeness (QED) is 0.534. The number of imide groups is 1. The lowest BCUT2D eigenvalue weighted by atomic mass is 9.95. The van der Waals surface area contributed by atoms with E-state index in [1.165, 1.54) is 12.1 Å². The van der Waals surface area contributed by atoms with Gasteiger partial charge in [0.05, 0.1) is 24.0 Å². The van der Waals surface area contributed by atoms with Crippen LogP contribution in [-0.2, 0) is 19.1 Å². The number of carbonyl (C=O) groups excluding carboxylic acids is 2. The monoisotopic (exact) mass is 379 g/mol. The summed E-state index contributed by atoms with van der Waals surface area (Å²) in [5, 5.41) is 1.33. The minimum absolute atomic E-state index is 0.132. The predicted molar refractivity (Wildman–Crippen MR) is 92.4 cm³/mol. The van der Waals surface area contributed by atoms with Crippen molar-refractivity contribution in [3.63, 3.8) is 0 Å². The van der Waals surface area contributed by atoms with Gasteiger partial charge in [-0.2, -0.15) is 8.42 Å². The number of hydroxylamine groups is 2. The van der Waals surface area contributed by atoms with E-state index in [4.69, 9.17) is 9.47 Å². The fourth-order valence-corrected chi connectivity index (χ4v) is 3.11. The molecule has 3 rings (SSSR count). The van der Waals surface area contributed by atoms with Gasteiger partial charge in [0.25, 0.3) is 21.9 Å². The highest BCUT2D eigenvalue weighted by atomic mass is 32.2. The van der Waals surface area contributed by atoms with E-state index in [1.807, 2.05) is 6.92 Å². The van der Waals surface area contributed by atoms with Gasteiger partial charge in [-0.25, -0.2) is 0 Å². The number of nitrogens with zero attached hydrogens (tertiary/aromatic N) is 1. The highest BCUT2D eigenvalue weighted by Gasteiger charge is 2.36. The standard InChI is InChI=1S/C17H17NO7S/c1-3-23-7-8-24-12-9-11-5-4-6-13-15(11)14(10-12)17(20)18(16(13)19)25-26(2,21)22/h4-6,9-10H,3,7-8H2,1-2H3. The lowest BCUT2D eigenvalue weighted by Gasteiger charge is -2.25.